The van der Waals surface area contributed by atoms with Crippen LogP contribution in [0.5, 0.6) is 0 Å². The Morgan fingerprint density at radius 2 is 1.88 bits per heavy atom. The molecular formula is C8H14. The zero-order chi connectivity index (χ0) is 5.82. The summed E-state index contributed by atoms with van der Waals surface area (Å²) in [5.74, 6) is 0.986. The van der Waals surface area contributed by atoms with Crippen molar-refractivity contribution in [3.05, 3.63) is 6.92 Å². The van der Waals surface area contributed by atoms with Gasteiger partial charge in [-0.1, -0.05) is 32.1 Å². The van der Waals surface area contributed by atoms with Gasteiger partial charge in [-0.25, -0.2) is 0 Å². The molecule has 0 atom stereocenters. The molecule has 2 radical (unpaired) electrons. The molecule has 1 rings (SSSR count). The van der Waals surface area contributed by atoms with Gasteiger partial charge >= 0.3 is 0 Å². The number of rotatable bonds is 2. The van der Waals surface area contributed by atoms with Crippen molar-refractivity contribution in [1.29, 1.82) is 0 Å². The minimum Gasteiger partial charge on any atom is -0.0530 e. The van der Waals surface area contributed by atoms with Gasteiger partial charge in [-0.2, -0.15) is 0 Å². The fourth-order valence-electron chi connectivity index (χ4n) is 1.53. The van der Waals surface area contributed by atoms with E-state index >= 15 is 0 Å². The molecule has 1 fully saturated rings. The first-order chi connectivity index (χ1) is 3.93. The summed E-state index contributed by atoms with van der Waals surface area (Å²) in [5.41, 5.74) is 0. The molecular weight excluding hydrogens is 96.1 g/mol. The molecule has 0 bridgehead atoms. The predicted octanol–water partition coefficient (Wildman–Crippen LogP) is 2.67. The van der Waals surface area contributed by atoms with Crippen molar-refractivity contribution in [2.75, 3.05) is 0 Å². The van der Waals surface area contributed by atoms with Crippen LogP contribution in [0.2, 0.25) is 0 Å². The van der Waals surface area contributed by atoms with Gasteiger partial charge in [0.2, 0.25) is 0 Å². The van der Waals surface area contributed by atoms with Gasteiger partial charge in [-0.3, -0.25) is 0 Å². The van der Waals surface area contributed by atoms with Crippen LogP contribution >= 0.6 is 0 Å². The summed E-state index contributed by atoms with van der Waals surface area (Å²) in [6, 6.07) is 0. The smallest absolute Gasteiger partial charge is 0.0352 e. The molecule has 1 saturated carbocycles. The van der Waals surface area contributed by atoms with Gasteiger partial charge in [0.05, 0.1) is 0 Å². The maximum atomic E-state index is 5.41. The average Bonchev–Trinajstić information content (AvgIpc) is 2.19. The Labute approximate surface area is 52.3 Å². The Balaban J connectivity index is 2.06. The molecule has 0 heteroatoms. The molecule has 0 spiro atoms. The molecule has 0 heterocycles. The van der Waals surface area contributed by atoms with Crippen molar-refractivity contribution >= 4 is 0 Å². The molecule has 0 aromatic carbocycles. The van der Waals surface area contributed by atoms with Crippen LogP contribution in [0.1, 0.15) is 38.5 Å². The quantitative estimate of drug-likeness (QED) is 0.512. The van der Waals surface area contributed by atoms with Gasteiger partial charge in [0.25, 0.3) is 0 Å². The summed E-state index contributed by atoms with van der Waals surface area (Å²) in [7, 11) is 0. The summed E-state index contributed by atoms with van der Waals surface area (Å²) >= 11 is 0. The van der Waals surface area contributed by atoms with Gasteiger partial charge in [0.15, 0.2) is 0 Å². The SMILES string of the molecule is [CH]CCC1CCCC1. The summed E-state index contributed by atoms with van der Waals surface area (Å²) in [6.45, 7) is 5.41. The Morgan fingerprint density at radius 3 is 2.38 bits per heavy atom. The Hall–Kier alpha value is 0. The summed E-state index contributed by atoms with van der Waals surface area (Å²) < 4.78 is 0. The van der Waals surface area contributed by atoms with E-state index in [1.807, 2.05) is 0 Å². The van der Waals surface area contributed by atoms with Crippen molar-refractivity contribution in [3.8, 4) is 0 Å². The number of hydrogen-bond acceptors (Lipinski definition) is 0. The molecule has 0 unspecified atom stereocenters. The van der Waals surface area contributed by atoms with E-state index < -0.39 is 0 Å². The summed E-state index contributed by atoms with van der Waals surface area (Å²) in [4.78, 5) is 0. The van der Waals surface area contributed by atoms with E-state index in [-0.39, 0.29) is 0 Å². The van der Waals surface area contributed by atoms with Gasteiger partial charge < -0.3 is 0 Å². The molecule has 1 aliphatic carbocycles. The zero-order valence-electron chi connectivity index (χ0n) is 5.40. The summed E-state index contributed by atoms with van der Waals surface area (Å²) in [6.07, 6.45) is 7.94. The standard InChI is InChI=1S/C8H14/c1-2-5-8-6-3-4-7-8/h1,8H,2-7H2. The van der Waals surface area contributed by atoms with E-state index in [0.29, 0.717) is 0 Å². The largest absolute Gasteiger partial charge is 0.0530 e. The Bertz CT molecular complexity index is 51.1. The fraction of sp³-hybridized carbons (Fsp3) is 0.875. The van der Waals surface area contributed by atoms with Crippen LogP contribution in [-0.2, 0) is 0 Å². The van der Waals surface area contributed by atoms with Crippen LogP contribution in [0.3, 0.4) is 0 Å². The van der Waals surface area contributed by atoms with Crippen LogP contribution < -0.4 is 0 Å². The molecule has 1 aliphatic rings. The maximum absolute atomic E-state index is 5.41. The first-order valence-electron chi connectivity index (χ1n) is 3.63. The molecule has 46 valence electrons. The average molecular weight is 110 g/mol. The minimum atomic E-state index is 0.894. The van der Waals surface area contributed by atoms with Crippen molar-refractivity contribution in [2.45, 2.75) is 38.5 Å². The first kappa shape index (κ1) is 6.12. The normalized spacial score (nSPS) is 22.1. The molecule has 8 heavy (non-hydrogen) atoms. The first-order valence-corrected chi connectivity index (χ1v) is 3.63. The molecule has 0 N–H and O–H groups in total. The molecule has 0 aromatic heterocycles. The lowest BCUT2D eigenvalue weighted by Crippen LogP contribution is -1.89. The monoisotopic (exact) mass is 110 g/mol. The van der Waals surface area contributed by atoms with E-state index in [1.54, 1.807) is 0 Å². The van der Waals surface area contributed by atoms with Crippen LogP contribution in [0.25, 0.3) is 0 Å². The Kier molecular flexibility index (Phi) is 2.38. The molecule has 0 amide bonds. The lowest BCUT2D eigenvalue weighted by molar-refractivity contribution is 0.508. The highest BCUT2D eigenvalue weighted by atomic mass is 14.2. The lowest BCUT2D eigenvalue weighted by atomic mass is 10.0. The molecule has 0 aliphatic heterocycles. The van der Waals surface area contributed by atoms with Gasteiger partial charge in [0.1, 0.15) is 0 Å². The van der Waals surface area contributed by atoms with Crippen LogP contribution in [-0.4, -0.2) is 0 Å². The van der Waals surface area contributed by atoms with Crippen molar-refractivity contribution < 1.29 is 0 Å². The Morgan fingerprint density at radius 1 is 1.25 bits per heavy atom. The predicted molar refractivity (Wildman–Crippen MR) is 35.5 cm³/mol. The lowest BCUT2D eigenvalue weighted by Gasteiger charge is -2.03. The van der Waals surface area contributed by atoms with Crippen molar-refractivity contribution in [1.82, 2.24) is 0 Å². The third kappa shape index (κ3) is 1.50. The highest BCUT2D eigenvalue weighted by Crippen LogP contribution is 2.27. The van der Waals surface area contributed by atoms with Crippen LogP contribution in [0, 0.1) is 12.8 Å². The topological polar surface area (TPSA) is 0 Å². The van der Waals surface area contributed by atoms with E-state index in [4.69, 9.17) is 6.92 Å². The van der Waals surface area contributed by atoms with E-state index in [2.05, 4.69) is 0 Å². The second-order valence-corrected chi connectivity index (χ2v) is 2.73. The van der Waals surface area contributed by atoms with Gasteiger partial charge in [0, 0.05) is 0 Å². The van der Waals surface area contributed by atoms with E-state index in [9.17, 15) is 0 Å². The second-order valence-electron chi connectivity index (χ2n) is 2.73. The molecule has 0 aromatic rings. The van der Waals surface area contributed by atoms with Crippen molar-refractivity contribution in [3.63, 3.8) is 0 Å². The van der Waals surface area contributed by atoms with Crippen LogP contribution in [0.4, 0.5) is 0 Å². The highest BCUT2D eigenvalue weighted by Gasteiger charge is 2.12. The third-order valence-electron chi connectivity index (χ3n) is 2.05. The highest BCUT2D eigenvalue weighted by molar-refractivity contribution is 4.66. The fourth-order valence-corrected chi connectivity index (χ4v) is 1.53. The van der Waals surface area contributed by atoms with Gasteiger partial charge in [-0.05, 0) is 19.3 Å². The number of hydrogen-bond donors (Lipinski definition) is 0. The van der Waals surface area contributed by atoms with Crippen molar-refractivity contribution in [2.24, 2.45) is 5.92 Å². The zero-order valence-corrected chi connectivity index (χ0v) is 5.40. The second kappa shape index (κ2) is 3.11. The van der Waals surface area contributed by atoms with E-state index in [1.165, 1.54) is 32.1 Å². The minimum absolute atomic E-state index is 0.894. The van der Waals surface area contributed by atoms with Gasteiger partial charge in [-0.15, -0.1) is 0 Å². The molecule has 0 saturated heterocycles. The maximum Gasteiger partial charge on any atom is -0.0352 e. The van der Waals surface area contributed by atoms with Crippen LogP contribution in [0.15, 0.2) is 0 Å². The third-order valence-corrected chi connectivity index (χ3v) is 2.05. The van der Waals surface area contributed by atoms with E-state index in [0.717, 1.165) is 12.3 Å². The summed E-state index contributed by atoms with van der Waals surface area (Å²) in [5, 5.41) is 0. The molecule has 0 nitrogen and oxygen atoms in total.